The molecule has 0 saturated heterocycles. The first-order valence-electron chi connectivity index (χ1n) is 3.97. The van der Waals surface area contributed by atoms with Gasteiger partial charge in [-0.3, -0.25) is 0 Å². The molecule has 0 aromatic carbocycles. The summed E-state index contributed by atoms with van der Waals surface area (Å²) in [7, 11) is 5.55. The smallest absolute Gasteiger partial charge is 0.0589 e. The van der Waals surface area contributed by atoms with Gasteiger partial charge in [0.15, 0.2) is 0 Å². The average molecular weight is 161 g/mol. The van der Waals surface area contributed by atoms with Gasteiger partial charge in [0, 0.05) is 33.9 Å². The van der Waals surface area contributed by atoms with E-state index in [4.69, 9.17) is 9.47 Å². The van der Waals surface area contributed by atoms with Crippen LogP contribution in [0.1, 0.15) is 6.42 Å². The molecule has 0 unspecified atom stereocenters. The predicted molar refractivity (Wildman–Crippen MR) is 45.9 cm³/mol. The number of rotatable bonds is 7. The standard InChI is InChI=1S/C8H19NO2/c1-9(6-8-11-3)5-4-7-10-2/h4-8H2,1-3H3. The molecule has 0 rings (SSSR count). The van der Waals surface area contributed by atoms with Gasteiger partial charge in [0.05, 0.1) is 6.61 Å². The van der Waals surface area contributed by atoms with E-state index in [-0.39, 0.29) is 0 Å². The number of likely N-dealkylation sites (N-methyl/N-ethyl adjacent to an activating group) is 1. The number of hydrogen-bond acceptors (Lipinski definition) is 3. The first kappa shape index (κ1) is 10.9. The van der Waals surface area contributed by atoms with Crippen LogP contribution in [0, 0.1) is 0 Å². The average Bonchev–Trinajstić information content (AvgIpc) is 2.01. The van der Waals surface area contributed by atoms with Crippen molar-refractivity contribution in [2.75, 3.05) is 47.6 Å². The minimum Gasteiger partial charge on any atom is -0.385 e. The number of nitrogens with zero attached hydrogens (tertiary/aromatic N) is 1. The Hall–Kier alpha value is -0.120. The Morgan fingerprint density at radius 2 is 1.64 bits per heavy atom. The Kier molecular flexibility index (Phi) is 7.89. The van der Waals surface area contributed by atoms with E-state index in [1.165, 1.54) is 0 Å². The Bertz CT molecular complexity index is 78.5. The van der Waals surface area contributed by atoms with Crippen molar-refractivity contribution in [3.05, 3.63) is 0 Å². The van der Waals surface area contributed by atoms with Gasteiger partial charge in [0.25, 0.3) is 0 Å². The third-order valence-electron chi connectivity index (χ3n) is 1.57. The van der Waals surface area contributed by atoms with Crippen molar-refractivity contribution in [1.29, 1.82) is 0 Å². The summed E-state index contributed by atoms with van der Waals surface area (Å²) in [5.41, 5.74) is 0. The molecule has 0 amide bonds. The topological polar surface area (TPSA) is 21.7 Å². The molecule has 0 bridgehead atoms. The molecule has 68 valence electrons. The maximum atomic E-state index is 4.95. The van der Waals surface area contributed by atoms with Gasteiger partial charge in [-0.15, -0.1) is 0 Å². The molecule has 0 aliphatic carbocycles. The van der Waals surface area contributed by atoms with E-state index in [2.05, 4.69) is 11.9 Å². The minimum absolute atomic E-state index is 0.809. The Labute approximate surface area is 69.3 Å². The number of methoxy groups -OCH3 is 2. The lowest BCUT2D eigenvalue weighted by Gasteiger charge is -2.14. The molecule has 11 heavy (non-hydrogen) atoms. The Morgan fingerprint density at radius 1 is 1.00 bits per heavy atom. The maximum absolute atomic E-state index is 4.95. The second-order valence-electron chi connectivity index (χ2n) is 2.64. The molecule has 0 saturated carbocycles. The number of hydrogen-bond donors (Lipinski definition) is 0. The van der Waals surface area contributed by atoms with Gasteiger partial charge in [-0.1, -0.05) is 0 Å². The molecule has 0 aromatic rings. The lowest BCUT2D eigenvalue weighted by atomic mass is 10.4. The van der Waals surface area contributed by atoms with Crippen molar-refractivity contribution in [2.24, 2.45) is 0 Å². The van der Waals surface area contributed by atoms with E-state index in [0.717, 1.165) is 32.7 Å². The SMILES string of the molecule is COCCCN(C)CCOC. The van der Waals surface area contributed by atoms with Crippen LogP contribution in [0.3, 0.4) is 0 Å². The maximum Gasteiger partial charge on any atom is 0.0589 e. The first-order chi connectivity index (χ1) is 5.31. The summed E-state index contributed by atoms with van der Waals surface area (Å²) in [6.07, 6.45) is 1.09. The predicted octanol–water partition coefficient (Wildman–Crippen LogP) is 0.601. The summed E-state index contributed by atoms with van der Waals surface area (Å²) >= 11 is 0. The molecule has 0 aliphatic heterocycles. The fourth-order valence-electron chi connectivity index (χ4n) is 0.838. The zero-order valence-electron chi connectivity index (χ0n) is 7.80. The highest BCUT2D eigenvalue weighted by molar-refractivity contribution is 4.49. The minimum atomic E-state index is 0.809. The number of ether oxygens (including phenoxy) is 2. The Balaban J connectivity index is 3.02. The van der Waals surface area contributed by atoms with Crippen molar-refractivity contribution >= 4 is 0 Å². The largest absolute Gasteiger partial charge is 0.385 e. The summed E-state index contributed by atoms with van der Waals surface area (Å²) in [6, 6.07) is 0. The van der Waals surface area contributed by atoms with Gasteiger partial charge >= 0.3 is 0 Å². The van der Waals surface area contributed by atoms with Gasteiger partial charge in [-0.25, -0.2) is 0 Å². The van der Waals surface area contributed by atoms with Crippen LogP contribution in [0.15, 0.2) is 0 Å². The van der Waals surface area contributed by atoms with Crippen LogP contribution in [0.2, 0.25) is 0 Å². The summed E-state index contributed by atoms with van der Waals surface area (Å²) in [6.45, 7) is 3.73. The highest BCUT2D eigenvalue weighted by Crippen LogP contribution is 1.87. The summed E-state index contributed by atoms with van der Waals surface area (Å²) in [5.74, 6) is 0. The van der Waals surface area contributed by atoms with Crippen molar-refractivity contribution in [1.82, 2.24) is 4.90 Å². The fourth-order valence-corrected chi connectivity index (χ4v) is 0.838. The van der Waals surface area contributed by atoms with Gasteiger partial charge in [0.2, 0.25) is 0 Å². The van der Waals surface area contributed by atoms with E-state index in [1.807, 2.05) is 0 Å². The molecule has 0 spiro atoms. The summed E-state index contributed by atoms with van der Waals surface area (Å²) in [4.78, 5) is 2.24. The summed E-state index contributed by atoms with van der Waals surface area (Å²) in [5, 5.41) is 0. The molecule has 0 heterocycles. The van der Waals surface area contributed by atoms with Crippen molar-refractivity contribution < 1.29 is 9.47 Å². The lowest BCUT2D eigenvalue weighted by molar-refractivity contribution is 0.146. The third-order valence-corrected chi connectivity index (χ3v) is 1.57. The van der Waals surface area contributed by atoms with E-state index in [9.17, 15) is 0 Å². The molecule has 3 heteroatoms. The zero-order chi connectivity index (χ0) is 8.53. The van der Waals surface area contributed by atoms with Crippen molar-refractivity contribution in [2.45, 2.75) is 6.42 Å². The Morgan fingerprint density at radius 3 is 2.18 bits per heavy atom. The quantitative estimate of drug-likeness (QED) is 0.510. The molecular formula is C8H19NO2. The highest BCUT2D eigenvalue weighted by atomic mass is 16.5. The monoisotopic (exact) mass is 161 g/mol. The molecule has 0 atom stereocenters. The normalized spacial score (nSPS) is 10.9. The zero-order valence-corrected chi connectivity index (χ0v) is 7.80. The molecule has 3 nitrogen and oxygen atoms in total. The molecule has 0 fully saturated rings. The van der Waals surface area contributed by atoms with Crippen LogP contribution >= 0.6 is 0 Å². The molecule has 0 aromatic heterocycles. The van der Waals surface area contributed by atoms with Crippen LogP contribution < -0.4 is 0 Å². The van der Waals surface area contributed by atoms with Crippen molar-refractivity contribution in [3.63, 3.8) is 0 Å². The lowest BCUT2D eigenvalue weighted by Crippen LogP contribution is -2.24. The van der Waals surface area contributed by atoms with E-state index in [0.29, 0.717) is 0 Å². The molecule has 0 radical (unpaired) electrons. The molecule has 0 aliphatic rings. The van der Waals surface area contributed by atoms with E-state index in [1.54, 1.807) is 14.2 Å². The fraction of sp³-hybridized carbons (Fsp3) is 1.00. The van der Waals surface area contributed by atoms with Gasteiger partial charge in [-0.2, -0.15) is 0 Å². The van der Waals surface area contributed by atoms with Crippen LogP contribution in [0.4, 0.5) is 0 Å². The molecule has 0 N–H and O–H groups in total. The van der Waals surface area contributed by atoms with Crippen molar-refractivity contribution in [3.8, 4) is 0 Å². The van der Waals surface area contributed by atoms with Crippen LogP contribution in [0.5, 0.6) is 0 Å². The second kappa shape index (κ2) is 7.98. The first-order valence-corrected chi connectivity index (χ1v) is 3.97. The van der Waals surface area contributed by atoms with Crippen LogP contribution in [0.25, 0.3) is 0 Å². The molecular weight excluding hydrogens is 142 g/mol. The highest BCUT2D eigenvalue weighted by Gasteiger charge is 1.95. The van der Waals surface area contributed by atoms with Gasteiger partial charge in [0.1, 0.15) is 0 Å². The van der Waals surface area contributed by atoms with Gasteiger partial charge < -0.3 is 14.4 Å². The van der Waals surface area contributed by atoms with Crippen LogP contribution in [-0.4, -0.2) is 52.5 Å². The van der Waals surface area contributed by atoms with Crippen LogP contribution in [-0.2, 0) is 9.47 Å². The summed E-state index contributed by atoms with van der Waals surface area (Å²) < 4.78 is 9.88. The van der Waals surface area contributed by atoms with Gasteiger partial charge in [-0.05, 0) is 13.5 Å². The second-order valence-corrected chi connectivity index (χ2v) is 2.64. The third kappa shape index (κ3) is 7.78. The van der Waals surface area contributed by atoms with E-state index >= 15 is 0 Å². The van der Waals surface area contributed by atoms with E-state index < -0.39 is 0 Å².